The van der Waals surface area contributed by atoms with Crippen LogP contribution in [0, 0.1) is 0 Å². The van der Waals surface area contributed by atoms with Crippen LogP contribution in [0.4, 0.5) is 0 Å². The third-order valence-corrected chi connectivity index (χ3v) is 8.65. The first kappa shape index (κ1) is 23.6. The fraction of sp³-hybridized carbons (Fsp3) is 0.542. The predicted octanol–water partition coefficient (Wildman–Crippen LogP) is 2.97. The van der Waals surface area contributed by atoms with Gasteiger partial charge in [-0.1, -0.05) is 18.1 Å². The van der Waals surface area contributed by atoms with E-state index < -0.39 is 15.7 Å². The Labute approximate surface area is 194 Å². The lowest BCUT2D eigenvalue weighted by Crippen LogP contribution is -2.41. The zero-order valence-electron chi connectivity index (χ0n) is 19.1. The highest BCUT2D eigenvalue weighted by Crippen LogP contribution is 2.27. The highest BCUT2D eigenvalue weighted by molar-refractivity contribution is 7.89. The number of carbonyl (C=O) groups is 1. The van der Waals surface area contributed by atoms with Crippen LogP contribution in [0.25, 0.3) is 10.9 Å². The number of hydrogen-bond acceptors (Lipinski definition) is 5. The summed E-state index contributed by atoms with van der Waals surface area (Å²) in [6.45, 7) is 2.82. The smallest absolute Gasteiger partial charge is 0.348 e. The van der Waals surface area contributed by atoms with Gasteiger partial charge in [-0.2, -0.15) is 4.31 Å². The van der Waals surface area contributed by atoms with Gasteiger partial charge in [-0.25, -0.2) is 18.2 Å². The number of fused-ring (bicyclic) bond motifs is 1. The summed E-state index contributed by atoms with van der Waals surface area (Å²) in [5.74, 6) is -0.262. The Morgan fingerprint density at radius 1 is 1.21 bits per heavy atom. The molecule has 1 amide bonds. The fourth-order valence-electron chi connectivity index (χ4n) is 4.75. The molecule has 1 atom stereocenters. The predicted molar refractivity (Wildman–Crippen MR) is 127 cm³/mol. The van der Waals surface area contributed by atoms with Gasteiger partial charge in [0.15, 0.2) is 0 Å². The van der Waals surface area contributed by atoms with E-state index in [4.69, 9.17) is 0 Å². The Balaban J connectivity index is 1.51. The molecule has 0 unspecified atom stereocenters. The maximum Gasteiger partial charge on any atom is 0.348 e. The van der Waals surface area contributed by atoms with Gasteiger partial charge in [-0.3, -0.25) is 9.36 Å². The number of benzene rings is 1. The van der Waals surface area contributed by atoms with E-state index in [1.807, 2.05) is 6.92 Å². The Morgan fingerprint density at radius 2 is 2.06 bits per heavy atom. The van der Waals surface area contributed by atoms with Gasteiger partial charge in [0.25, 0.3) is 0 Å². The van der Waals surface area contributed by atoms with Crippen LogP contribution in [0.2, 0.25) is 0 Å². The molecule has 1 aliphatic heterocycles. The largest absolute Gasteiger partial charge is 0.354 e. The van der Waals surface area contributed by atoms with Crippen molar-refractivity contribution < 1.29 is 13.2 Å². The molecule has 1 aromatic heterocycles. The number of nitrogens with zero attached hydrogens (tertiary/aromatic N) is 3. The molecule has 9 heteroatoms. The van der Waals surface area contributed by atoms with Crippen molar-refractivity contribution in [2.24, 2.45) is 0 Å². The lowest BCUT2D eigenvalue weighted by molar-refractivity contribution is -0.121. The van der Waals surface area contributed by atoms with E-state index in [-0.39, 0.29) is 23.4 Å². The van der Waals surface area contributed by atoms with E-state index in [0.29, 0.717) is 24.0 Å². The highest BCUT2D eigenvalue weighted by atomic mass is 32.2. The van der Waals surface area contributed by atoms with Crippen molar-refractivity contribution in [3.8, 4) is 0 Å². The first-order chi connectivity index (χ1) is 15.9. The molecule has 0 saturated carbocycles. The molecule has 33 heavy (non-hydrogen) atoms. The van der Waals surface area contributed by atoms with Crippen LogP contribution in [-0.4, -0.2) is 47.3 Å². The van der Waals surface area contributed by atoms with Gasteiger partial charge in [-0.15, -0.1) is 0 Å². The lowest BCUT2D eigenvalue weighted by atomic mass is 9.97. The Hall–Kier alpha value is -2.52. The van der Waals surface area contributed by atoms with Crippen LogP contribution in [0.15, 0.2) is 45.7 Å². The van der Waals surface area contributed by atoms with Crippen molar-refractivity contribution in [1.82, 2.24) is 19.2 Å². The van der Waals surface area contributed by atoms with Gasteiger partial charge >= 0.3 is 5.69 Å². The van der Waals surface area contributed by atoms with Crippen LogP contribution in [0.1, 0.15) is 58.3 Å². The third-order valence-electron chi connectivity index (χ3n) is 6.64. The van der Waals surface area contributed by atoms with Crippen molar-refractivity contribution >= 4 is 26.8 Å². The number of sulfonamides is 1. The molecule has 8 nitrogen and oxygen atoms in total. The molecule has 0 bridgehead atoms. The SMILES string of the molecule is C[C@H]1CCCCN1S(=O)(=O)c1ccc2c(cnc(=O)n2CC(=O)NCCC2=CCCCC2)c1. The lowest BCUT2D eigenvalue weighted by Gasteiger charge is -2.32. The molecule has 1 N–H and O–H groups in total. The third kappa shape index (κ3) is 5.35. The van der Waals surface area contributed by atoms with E-state index in [1.54, 1.807) is 16.4 Å². The topological polar surface area (TPSA) is 101 Å². The normalized spacial score (nSPS) is 19.9. The second-order valence-electron chi connectivity index (χ2n) is 9.02. The second-order valence-corrected chi connectivity index (χ2v) is 10.9. The Kier molecular flexibility index (Phi) is 7.29. The minimum atomic E-state index is -3.64. The summed E-state index contributed by atoms with van der Waals surface area (Å²) < 4.78 is 29.2. The molecule has 1 fully saturated rings. The Morgan fingerprint density at radius 3 is 2.82 bits per heavy atom. The van der Waals surface area contributed by atoms with E-state index in [1.165, 1.54) is 35.2 Å². The summed E-state index contributed by atoms with van der Waals surface area (Å²) in [4.78, 5) is 29.0. The fourth-order valence-corrected chi connectivity index (χ4v) is 6.49. The molecule has 1 aliphatic carbocycles. The van der Waals surface area contributed by atoms with Gasteiger partial charge in [0.05, 0.1) is 10.4 Å². The van der Waals surface area contributed by atoms with Crippen LogP contribution in [0.3, 0.4) is 0 Å². The van der Waals surface area contributed by atoms with E-state index in [9.17, 15) is 18.0 Å². The molecule has 2 aromatic rings. The van der Waals surface area contributed by atoms with Crippen LogP contribution in [-0.2, 0) is 21.4 Å². The van der Waals surface area contributed by atoms with Crippen molar-refractivity contribution in [3.05, 3.63) is 46.5 Å². The van der Waals surface area contributed by atoms with Crippen molar-refractivity contribution in [2.45, 2.75) is 75.8 Å². The molecular formula is C24H32N4O4S. The van der Waals surface area contributed by atoms with Crippen molar-refractivity contribution in [2.75, 3.05) is 13.1 Å². The standard InChI is InChI=1S/C24H32N4O4S/c1-18-7-5-6-14-28(18)33(31,32)21-10-11-22-20(15-21)16-26-24(30)27(22)17-23(29)25-13-12-19-8-3-2-4-9-19/h8,10-11,15-16,18H,2-7,9,12-14,17H2,1H3,(H,25,29)/t18-/m0/s1. The molecule has 2 aliphatic rings. The minimum Gasteiger partial charge on any atom is -0.354 e. The van der Waals surface area contributed by atoms with Gasteiger partial charge in [0.1, 0.15) is 6.54 Å². The van der Waals surface area contributed by atoms with Crippen molar-refractivity contribution in [3.63, 3.8) is 0 Å². The van der Waals surface area contributed by atoms with Crippen LogP contribution >= 0.6 is 0 Å². The monoisotopic (exact) mass is 472 g/mol. The Bertz CT molecular complexity index is 1220. The summed E-state index contributed by atoms with van der Waals surface area (Å²) in [7, 11) is -3.64. The summed E-state index contributed by atoms with van der Waals surface area (Å²) in [6.07, 6.45) is 11.8. The van der Waals surface area contributed by atoms with Gasteiger partial charge in [-0.05, 0) is 70.1 Å². The van der Waals surface area contributed by atoms with E-state index in [2.05, 4.69) is 16.4 Å². The number of rotatable bonds is 7. The molecule has 4 rings (SSSR count). The molecule has 178 valence electrons. The summed E-state index contributed by atoms with van der Waals surface area (Å²) in [6, 6.07) is 4.62. The number of hydrogen-bond donors (Lipinski definition) is 1. The van der Waals surface area contributed by atoms with E-state index >= 15 is 0 Å². The van der Waals surface area contributed by atoms with Gasteiger partial charge in [0.2, 0.25) is 15.9 Å². The number of allylic oxidation sites excluding steroid dienone is 1. The summed E-state index contributed by atoms with van der Waals surface area (Å²) >= 11 is 0. The van der Waals surface area contributed by atoms with Crippen LogP contribution in [0.5, 0.6) is 0 Å². The molecule has 0 spiro atoms. The maximum atomic E-state index is 13.2. The van der Waals surface area contributed by atoms with Gasteiger partial charge < -0.3 is 5.32 Å². The average molecular weight is 473 g/mol. The van der Waals surface area contributed by atoms with Crippen molar-refractivity contribution in [1.29, 1.82) is 0 Å². The number of amides is 1. The maximum absolute atomic E-state index is 13.2. The molecule has 1 aromatic carbocycles. The quantitative estimate of drug-likeness (QED) is 0.625. The number of carbonyl (C=O) groups excluding carboxylic acids is 1. The first-order valence-corrected chi connectivity index (χ1v) is 13.3. The van der Waals surface area contributed by atoms with Crippen LogP contribution < -0.4 is 11.0 Å². The average Bonchev–Trinajstić information content (AvgIpc) is 2.81. The summed E-state index contributed by atoms with van der Waals surface area (Å²) in [5.41, 5.74) is 1.33. The molecule has 0 radical (unpaired) electrons. The number of piperidine rings is 1. The minimum absolute atomic E-state index is 0.0420. The molecular weight excluding hydrogens is 440 g/mol. The van der Waals surface area contributed by atoms with Gasteiger partial charge in [0, 0.05) is 30.7 Å². The second kappa shape index (κ2) is 10.2. The molecule has 1 saturated heterocycles. The number of aromatic nitrogens is 2. The summed E-state index contributed by atoms with van der Waals surface area (Å²) in [5, 5.41) is 3.40. The van der Waals surface area contributed by atoms with E-state index in [0.717, 1.165) is 38.5 Å². The zero-order chi connectivity index (χ0) is 23.4. The highest BCUT2D eigenvalue weighted by Gasteiger charge is 2.31. The molecule has 2 heterocycles. The zero-order valence-corrected chi connectivity index (χ0v) is 19.9. The number of nitrogens with one attached hydrogen (secondary N) is 1. The first-order valence-electron chi connectivity index (χ1n) is 11.8.